The van der Waals surface area contributed by atoms with Gasteiger partial charge >= 0.3 is 11.8 Å². The summed E-state index contributed by atoms with van der Waals surface area (Å²) in [6, 6.07) is 0. The van der Waals surface area contributed by atoms with Crippen LogP contribution in [-0.2, 0) is 30.3 Å². The van der Waals surface area contributed by atoms with E-state index < -0.39 is 88.8 Å². The van der Waals surface area contributed by atoms with Crippen LogP contribution in [0.15, 0.2) is 36.1 Å². The van der Waals surface area contributed by atoms with Gasteiger partial charge in [0.25, 0.3) is 11.7 Å². The number of esters is 1. The number of aromatic hydroxyl groups is 3. The number of carbonyl (C=O) groups is 3. The Kier molecular flexibility index (Phi) is 12.8. The first kappa shape index (κ1) is 42.1. The van der Waals surface area contributed by atoms with E-state index in [1.54, 1.807) is 58.8 Å². The van der Waals surface area contributed by atoms with Crippen LogP contribution in [0.1, 0.15) is 70.0 Å². The van der Waals surface area contributed by atoms with E-state index in [0.29, 0.717) is 0 Å². The number of ketones is 1. The van der Waals surface area contributed by atoms with Gasteiger partial charge in [0.05, 0.1) is 41.2 Å². The lowest BCUT2D eigenvalue weighted by Gasteiger charge is -2.38. The smallest absolute Gasteiger partial charge is 0.312 e. The molecule has 6 N–H and O–H groups in total. The third-order valence-electron chi connectivity index (χ3n) is 10.6. The zero-order chi connectivity index (χ0) is 40.6. The first-order chi connectivity index (χ1) is 25.2. The number of nitrogens with one attached hydrogen (secondary N) is 1. The van der Waals surface area contributed by atoms with Crippen molar-refractivity contribution < 1.29 is 58.9 Å². The zero-order valence-corrected chi connectivity index (χ0v) is 32.8. The number of amides is 1. The molecule has 54 heavy (non-hydrogen) atoms. The molecule has 3 aliphatic heterocycles. The number of fused-ring (bicyclic) bond motifs is 14. The van der Waals surface area contributed by atoms with E-state index in [2.05, 4.69) is 5.32 Å². The number of aliphatic hydroxyl groups is 2. The molecular formula is C40H54N2O12. The van der Waals surface area contributed by atoms with Crippen molar-refractivity contribution in [1.29, 1.82) is 0 Å². The lowest BCUT2D eigenvalue weighted by Crippen LogP contribution is -2.46. The first-order valence-electron chi connectivity index (χ1n) is 17.9. The number of allylic oxidation sites excluding steroid dienone is 2. The average molecular weight is 755 g/mol. The number of Topliss-reactive ketones (excluding diaryl/α,β-unsaturated/α-hetero) is 1. The number of benzene rings is 2. The molecule has 0 spiro atoms. The van der Waals surface area contributed by atoms with Crippen LogP contribution in [0.25, 0.3) is 10.8 Å². The molecule has 0 saturated carbocycles. The van der Waals surface area contributed by atoms with Crippen LogP contribution in [-0.4, -0.2) is 99.5 Å². The summed E-state index contributed by atoms with van der Waals surface area (Å²) in [7, 11) is 4.86. The Hall–Kier alpha value is -4.63. The molecule has 296 valence electrons. The van der Waals surface area contributed by atoms with Crippen LogP contribution >= 0.6 is 0 Å². The zero-order valence-electron chi connectivity index (χ0n) is 32.8. The number of nitrogens with zero attached hydrogens (tertiary/aromatic N) is 1. The molecule has 0 radical (unpaired) electrons. The van der Waals surface area contributed by atoms with E-state index in [9.17, 15) is 39.9 Å². The van der Waals surface area contributed by atoms with Gasteiger partial charge in [-0.3, -0.25) is 14.4 Å². The standard InChI is InChI=1S/C40H54N2O12/c1-18-13-12-14-19(2)39(50)41-30-25(17-42(9)10)34(47)27-28(35(30)48)33(46)23(6)37-29(27)38(49)40(8,54-37)52-16-15-26(51-11)20(3)36(53-24(7)43)22(5)32(45)21(4)31(18)44/h12-16,18,20-22,26,31-32,36,44-48H,17H2,1-11H3,(H,41,50)/b13-12-,16-15-,19-14?/t18-,20-,21+,22+,26-,31-,32-,36-,40-/m1/s1. The fourth-order valence-electron chi connectivity index (χ4n) is 7.26. The topological polar surface area (TPSA) is 205 Å². The van der Waals surface area contributed by atoms with E-state index in [1.807, 2.05) is 0 Å². The number of phenolic OH excluding ortho intramolecular Hbond substituents is 3. The fraction of sp³-hybridized carbons (Fsp3) is 0.525. The van der Waals surface area contributed by atoms with Crippen molar-refractivity contribution in [2.24, 2.45) is 23.7 Å². The number of rotatable bonds is 4. The van der Waals surface area contributed by atoms with E-state index >= 15 is 0 Å². The molecule has 2 aromatic carbocycles. The lowest BCUT2D eigenvalue weighted by atomic mass is 9.78. The summed E-state index contributed by atoms with van der Waals surface area (Å²) in [6.45, 7) is 12.6. The third-order valence-corrected chi connectivity index (χ3v) is 10.6. The van der Waals surface area contributed by atoms with Gasteiger partial charge in [0.1, 0.15) is 23.4 Å². The molecule has 14 heteroatoms. The number of hydrogen-bond acceptors (Lipinski definition) is 13. The monoisotopic (exact) mass is 754 g/mol. The molecule has 5 rings (SSSR count). The highest BCUT2D eigenvalue weighted by atomic mass is 16.7. The van der Waals surface area contributed by atoms with Crippen molar-refractivity contribution in [2.45, 2.75) is 92.1 Å². The van der Waals surface area contributed by atoms with Gasteiger partial charge < -0.3 is 54.7 Å². The largest absolute Gasteiger partial charge is 0.507 e. The summed E-state index contributed by atoms with van der Waals surface area (Å²) in [6.07, 6.45) is 3.65. The fourth-order valence-corrected chi connectivity index (χ4v) is 7.26. The maximum absolute atomic E-state index is 14.2. The van der Waals surface area contributed by atoms with Crippen LogP contribution in [0.2, 0.25) is 0 Å². The Labute approximate surface area is 315 Å². The van der Waals surface area contributed by atoms with Crippen molar-refractivity contribution in [2.75, 3.05) is 26.5 Å². The van der Waals surface area contributed by atoms with E-state index in [0.717, 1.165) is 0 Å². The molecule has 0 fully saturated rings. The van der Waals surface area contributed by atoms with Gasteiger partial charge in [0, 0.05) is 73.3 Å². The summed E-state index contributed by atoms with van der Waals surface area (Å²) in [5, 5.41) is 59.9. The van der Waals surface area contributed by atoms with Crippen LogP contribution in [0.5, 0.6) is 23.0 Å². The summed E-state index contributed by atoms with van der Waals surface area (Å²) < 4.78 is 23.5. The van der Waals surface area contributed by atoms with Crippen molar-refractivity contribution in [3.05, 3.63) is 52.8 Å². The predicted molar refractivity (Wildman–Crippen MR) is 201 cm³/mol. The number of methoxy groups -OCH3 is 1. The number of anilines is 1. The Balaban J connectivity index is 1.96. The Bertz CT molecular complexity index is 1880. The minimum atomic E-state index is -2.01. The van der Waals surface area contributed by atoms with Crippen LogP contribution in [0, 0.1) is 30.6 Å². The van der Waals surface area contributed by atoms with Crippen LogP contribution in [0.4, 0.5) is 5.69 Å². The Morgan fingerprint density at radius 2 is 1.59 bits per heavy atom. The van der Waals surface area contributed by atoms with E-state index in [-0.39, 0.29) is 51.0 Å². The molecule has 5 bridgehead atoms. The second-order valence-corrected chi connectivity index (χ2v) is 14.9. The number of phenols is 3. The minimum absolute atomic E-state index is 0.00552. The van der Waals surface area contributed by atoms with Gasteiger partial charge in [-0.2, -0.15) is 0 Å². The molecule has 0 unspecified atom stereocenters. The van der Waals surface area contributed by atoms with E-state index in [1.165, 1.54) is 53.2 Å². The van der Waals surface area contributed by atoms with Gasteiger partial charge in [0.15, 0.2) is 5.75 Å². The molecule has 0 saturated heterocycles. The lowest BCUT2D eigenvalue weighted by molar-refractivity contribution is -0.160. The molecule has 3 aliphatic rings. The molecule has 3 heterocycles. The van der Waals surface area contributed by atoms with Gasteiger partial charge in [-0.05, 0) is 34.0 Å². The SMILES string of the molecule is CO[C@@H]1/C=C\O[C@]2(C)Oc3c(C)c(O)c4c(O)c(c(CN(C)C)c(O)c4c3C2=O)NC(=O)C(C)=C/C=C\[C@@H](C)[C@@H](O)[C@H](C)[C@@H](O)[C@H](C)[C@H](OC(C)=O)[C@@H]1C. The molecule has 0 aromatic heterocycles. The van der Waals surface area contributed by atoms with Crippen molar-refractivity contribution in [3.63, 3.8) is 0 Å². The molecule has 9 atom stereocenters. The maximum Gasteiger partial charge on any atom is 0.312 e. The normalized spacial score (nSPS) is 30.8. The highest BCUT2D eigenvalue weighted by molar-refractivity contribution is 6.22. The highest BCUT2D eigenvalue weighted by Gasteiger charge is 2.50. The molecular weight excluding hydrogens is 700 g/mol. The first-order valence-corrected chi connectivity index (χ1v) is 17.9. The average Bonchev–Trinajstić information content (AvgIpc) is 3.38. The number of aliphatic hydroxyl groups excluding tert-OH is 2. The quantitative estimate of drug-likeness (QED) is 0.141. The Morgan fingerprint density at radius 1 is 0.944 bits per heavy atom. The van der Waals surface area contributed by atoms with Gasteiger partial charge in [-0.25, -0.2) is 0 Å². The maximum atomic E-state index is 14.2. The van der Waals surface area contributed by atoms with Crippen LogP contribution < -0.4 is 10.1 Å². The second kappa shape index (κ2) is 16.4. The van der Waals surface area contributed by atoms with Crippen molar-refractivity contribution >= 4 is 34.1 Å². The Morgan fingerprint density at radius 3 is 2.19 bits per heavy atom. The van der Waals surface area contributed by atoms with Gasteiger partial charge in [0.2, 0.25) is 0 Å². The minimum Gasteiger partial charge on any atom is -0.507 e. The van der Waals surface area contributed by atoms with Gasteiger partial charge in [-0.1, -0.05) is 45.9 Å². The number of hydrogen-bond donors (Lipinski definition) is 6. The third kappa shape index (κ3) is 7.92. The number of carbonyl (C=O) groups excluding carboxylic acids is 3. The van der Waals surface area contributed by atoms with Crippen molar-refractivity contribution in [3.8, 4) is 23.0 Å². The predicted octanol–water partition coefficient (Wildman–Crippen LogP) is 4.82. The molecule has 1 amide bonds. The number of ether oxygens (including phenoxy) is 4. The van der Waals surface area contributed by atoms with Crippen molar-refractivity contribution in [1.82, 2.24) is 4.90 Å². The van der Waals surface area contributed by atoms with E-state index in [4.69, 9.17) is 18.9 Å². The second-order valence-electron chi connectivity index (χ2n) is 14.9. The summed E-state index contributed by atoms with van der Waals surface area (Å²) in [5.41, 5.74) is 0.0370. The summed E-state index contributed by atoms with van der Waals surface area (Å²) >= 11 is 0. The summed E-state index contributed by atoms with van der Waals surface area (Å²) in [4.78, 5) is 41.7. The molecule has 0 aliphatic carbocycles. The van der Waals surface area contributed by atoms with Crippen LogP contribution in [0.3, 0.4) is 0 Å². The summed E-state index contributed by atoms with van der Waals surface area (Å²) in [5.74, 6) is -7.98. The molecule has 14 nitrogen and oxygen atoms in total. The highest BCUT2D eigenvalue weighted by Crippen LogP contribution is 2.55. The molecule has 2 aromatic rings. The van der Waals surface area contributed by atoms with Gasteiger partial charge in [-0.15, -0.1) is 0 Å².